The molecule has 1 heterocycles. The summed E-state index contributed by atoms with van der Waals surface area (Å²) in [4.78, 5) is 16.2. The van der Waals surface area contributed by atoms with Crippen LogP contribution in [0.2, 0.25) is 0 Å². The van der Waals surface area contributed by atoms with Gasteiger partial charge in [0.05, 0.1) is 10.7 Å². The highest BCUT2D eigenvalue weighted by atomic mass is 32.2. The van der Waals surface area contributed by atoms with Crippen LogP contribution in [-0.4, -0.2) is 12.3 Å². The minimum Gasteiger partial charge on any atom is -0.335 e. The minimum atomic E-state index is 0.194. The van der Waals surface area contributed by atoms with Gasteiger partial charge in [-0.05, 0) is 24.6 Å². The van der Waals surface area contributed by atoms with Gasteiger partial charge in [-0.25, -0.2) is 0 Å². The van der Waals surface area contributed by atoms with Crippen molar-refractivity contribution in [3.05, 3.63) is 70.3 Å². The first kappa shape index (κ1) is 12.7. The standard InChI is InChI=1S/C18H15NOS/c1-2-19-15-9-5-6-10-16(15)21-18(19)14-11-12-7-3-4-8-13(12)17(14)20/h3-10H,2,11H2,1H3/b18-14-. The smallest absolute Gasteiger partial charge is 0.192 e. The van der Waals surface area contributed by atoms with Crippen molar-refractivity contribution in [1.29, 1.82) is 0 Å². The Bertz CT molecular complexity index is 778. The molecule has 0 saturated carbocycles. The molecular formula is C18H15NOS. The zero-order valence-corrected chi connectivity index (χ0v) is 12.6. The number of ketones is 1. The first-order valence-corrected chi connectivity index (χ1v) is 8.01. The monoisotopic (exact) mass is 293 g/mol. The van der Waals surface area contributed by atoms with E-state index >= 15 is 0 Å². The van der Waals surface area contributed by atoms with Gasteiger partial charge in [0.15, 0.2) is 5.78 Å². The molecule has 2 aliphatic rings. The third-order valence-corrected chi connectivity index (χ3v) is 5.31. The Morgan fingerprint density at radius 3 is 2.67 bits per heavy atom. The second kappa shape index (κ2) is 4.78. The average Bonchev–Trinajstić information content (AvgIpc) is 3.05. The number of Topliss-reactive ketones (excluding diaryl/α,β-unsaturated/α-hetero) is 1. The van der Waals surface area contributed by atoms with E-state index < -0.39 is 0 Å². The van der Waals surface area contributed by atoms with Crippen LogP contribution in [0.25, 0.3) is 0 Å². The van der Waals surface area contributed by atoms with Crippen molar-refractivity contribution in [2.24, 2.45) is 0 Å². The first-order valence-electron chi connectivity index (χ1n) is 7.19. The van der Waals surface area contributed by atoms with Gasteiger partial charge >= 0.3 is 0 Å². The maximum atomic E-state index is 12.7. The average molecular weight is 293 g/mol. The summed E-state index contributed by atoms with van der Waals surface area (Å²) in [5, 5.41) is 1.11. The number of carbonyl (C=O) groups is 1. The van der Waals surface area contributed by atoms with Crippen LogP contribution in [-0.2, 0) is 6.42 Å². The van der Waals surface area contributed by atoms with E-state index in [0.717, 1.165) is 34.7 Å². The van der Waals surface area contributed by atoms with Crippen molar-refractivity contribution in [2.45, 2.75) is 18.2 Å². The number of benzene rings is 2. The summed E-state index contributed by atoms with van der Waals surface area (Å²) in [6, 6.07) is 16.3. The molecular weight excluding hydrogens is 278 g/mol. The largest absolute Gasteiger partial charge is 0.335 e. The van der Waals surface area contributed by atoms with Crippen LogP contribution in [0, 0.1) is 0 Å². The van der Waals surface area contributed by atoms with Crippen molar-refractivity contribution < 1.29 is 4.79 Å². The summed E-state index contributed by atoms with van der Waals surface area (Å²) < 4.78 is 0. The molecule has 1 aliphatic heterocycles. The quantitative estimate of drug-likeness (QED) is 0.732. The number of anilines is 1. The van der Waals surface area contributed by atoms with E-state index in [0.29, 0.717) is 0 Å². The molecule has 0 amide bonds. The Morgan fingerprint density at radius 2 is 1.86 bits per heavy atom. The maximum Gasteiger partial charge on any atom is 0.192 e. The lowest BCUT2D eigenvalue weighted by atomic mass is 10.1. The van der Waals surface area contributed by atoms with Gasteiger partial charge in [-0.3, -0.25) is 4.79 Å². The third kappa shape index (κ3) is 1.84. The highest BCUT2D eigenvalue weighted by Crippen LogP contribution is 2.48. The number of allylic oxidation sites excluding steroid dienone is 1. The van der Waals surface area contributed by atoms with E-state index in [9.17, 15) is 4.79 Å². The number of carbonyl (C=O) groups excluding carboxylic acids is 1. The molecule has 1 aliphatic carbocycles. The first-order chi connectivity index (χ1) is 10.3. The summed E-state index contributed by atoms with van der Waals surface area (Å²) >= 11 is 1.73. The van der Waals surface area contributed by atoms with Crippen LogP contribution < -0.4 is 4.90 Å². The fraction of sp³-hybridized carbons (Fsp3) is 0.167. The molecule has 0 bridgehead atoms. The topological polar surface area (TPSA) is 20.3 Å². The lowest BCUT2D eigenvalue weighted by Gasteiger charge is -2.19. The lowest BCUT2D eigenvalue weighted by Crippen LogP contribution is -2.19. The number of para-hydroxylation sites is 1. The highest BCUT2D eigenvalue weighted by molar-refractivity contribution is 8.03. The molecule has 2 aromatic carbocycles. The molecule has 0 N–H and O–H groups in total. The normalized spacial score (nSPS) is 19.9. The molecule has 21 heavy (non-hydrogen) atoms. The Labute approximate surface area is 128 Å². The third-order valence-electron chi connectivity index (χ3n) is 4.09. The van der Waals surface area contributed by atoms with Crippen LogP contribution in [0.3, 0.4) is 0 Å². The van der Waals surface area contributed by atoms with Gasteiger partial charge in [0.25, 0.3) is 0 Å². The van der Waals surface area contributed by atoms with Crippen LogP contribution in [0.5, 0.6) is 0 Å². The van der Waals surface area contributed by atoms with Gasteiger partial charge < -0.3 is 4.90 Å². The molecule has 0 fully saturated rings. The van der Waals surface area contributed by atoms with Gasteiger partial charge in [-0.1, -0.05) is 48.2 Å². The predicted molar refractivity (Wildman–Crippen MR) is 86.8 cm³/mol. The molecule has 0 unspecified atom stereocenters. The van der Waals surface area contributed by atoms with E-state index in [1.165, 1.54) is 10.6 Å². The molecule has 2 aromatic rings. The van der Waals surface area contributed by atoms with Crippen molar-refractivity contribution in [1.82, 2.24) is 0 Å². The Hall–Kier alpha value is -2.00. The molecule has 3 heteroatoms. The second-order valence-electron chi connectivity index (χ2n) is 5.26. The number of nitrogens with zero attached hydrogens (tertiary/aromatic N) is 1. The SMILES string of the molecule is CCN1/C(=C2\Cc3ccccc3C2=O)Sc2ccccc21. The van der Waals surface area contributed by atoms with Gasteiger partial charge in [0, 0.05) is 29.0 Å². The van der Waals surface area contributed by atoms with Crippen LogP contribution in [0.15, 0.2) is 64.0 Å². The molecule has 104 valence electrons. The second-order valence-corrected chi connectivity index (χ2v) is 6.29. The molecule has 4 rings (SSSR count). The van der Waals surface area contributed by atoms with Gasteiger partial charge in [0.2, 0.25) is 0 Å². The van der Waals surface area contributed by atoms with Gasteiger partial charge in [-0.2, -0.15) is 0 Å². The van der Waals surface area contributed by atoms with Crippen molar-refractivity contribution in [3.8, 4) is 0 Å². The highest BCUT2D eigenvalue weighted by Gasteiger charge is 2.33. The van der Waals surface area contributed by atoms with Crippen LogP contribution in [0.1, 0.15) is 22.8 Å². The number of thioether (sulfide) groups is 1. The van der Waals surface area contributed by atoms with Crippen molar-refractivity contribution in [2.75, 3.05) is 11.4 Å². The lowest BCUT2D eigenvalue weighted by molar-refractivity contribution is 0.103. The van der Waals surface area contributed by atoms with E-state index in [1.807, 2.05) is 18.2 Å². The number of hydrogen-bond donors (Lipinski definition) is 0. The Morgan fingerprint density at radius 1 is 1.10 bits per heavy atom. The summed E-state index contributed by atoms with van der Waals surface area (Å²) in [7, 11) is 0. The fourth-order valence-corrected chi connectivity index (χ4v) is 4.34. The van der Waals surface area contributed by atoms with Crippen molar-refractivity contribution in [3.63, 3.8) is 0 Å². The molecule has 0 aromatic heterocycles. The minimum absolute atomic E-state index is 0.194. The van der Waals surface area contributed by atoms with Gasteiger partial charge in [0.1, 0.15) is 0 Å². The molecule has 2 nitrogen and oxygen atoms in total. The summed E-state index contributed by atoms with van der Waals surface area (Å²) in [5.74, 6) is 0.194. The molecule has 0 spiro atoms. The zero-order valence-electron chi connectivity index (χ0n) is 11.8. The Kier molecular flexibility index (Phi) is 2.89. The molecule has 0 radical (unpaired) electrons. The van der Waals surface area contributed by atoms with Crippen LogP contribution in [0.4, 0.5) is 5.69 Å². The summed E-state index contributed by atoms with van der Waals surface area (Å²) in [6.45, 7) is 3.02. The van der Waals surface area contributed by atoms with E-state index in [1.54, 1.807) is 11.8 Å². The number of rotatable bonds is 1. The summed E-state index contributed by atoms with van der Waals surface area (Å²) in [5.41, 5.74) is 4.18. The number of hydrogen-bond acceptors (Lipinski definition) is 3. The van der Waals surface area contributed by atoms with Crippen molar-refractivity contribution >= 4 is 23.2 Å². The summed E-state index contributed by atoms with van der Waals surface area (Å²) in [6.07, 6.45) is 0.752. The Balaban J connectivity index is 1.83. The van der Waals surface area contributed by atoms with E-state index in [2.05, 4.69) is 42.2 Å². The van der Waals surface area contributed by atoms with E-state index in [4.69, 9.17) is 0 Å². The predicted octanol–water partition coefficient (Wildman–Crippen LogP) is 4.27. The molecule has 0 saturated heterocycles. The van der Waals surface area contributed by atoms with Crippen LogP contribution >= 0.6 is 11.8 Å². The molecule has 0 atom stereocenters. The number of fused-ring (bicyclic) bond motifs is 2. The fourth-order valence-electron chi connectivity index (χ4n) is 3.08. The van der Waals surface area contributed by atoms with E-state index in [-0.39, 0.29) is 5.78 Å². The maximum absolute atomic E-state index is 12.7. The zero-order chi connectivity index (χ0) is 14.4. The van der Waals surface area contributed by atoms with Gasteiger partial charge in [-0.15, -0.1) is 0 Å².